The molecule has 1 saturated heterocycles. The van der Waals surface area contributed by atoms with Crippen molar-refractivity contribution in [1.82, 2.24) is 10.2 Å². The first-order valence-corrected chi connectivity index (χ1v) is 9.51. The third-order valence-electron chi connectivity index (χ3n) is 5.15. The molecule has 146 valence electrons. The number of hydrogen-bond acceptors (Lipinski definition) is 2. The molecule has 1 heterocycles. The molecule has 2 atom stereocenters. The summed E-state index contributed by atoms with van der Waals surface area (Å²) >= 11 is 0. The average Bonchev–Trinajstić information content (AvgIpc) is 2.71. The van der Waals surface area contributed by atoms with Gasteiger partial charge in [-0.2, -0.15) is 0 Å². The molecule has 0 radical (unpaired) electrons. The second kappa shape index (κ2) is 8.83. The molecular weight excluding hydrogens is 355 g/mol. The van der Waals surface area contributed by atoms with Crippen molar-refractivity contribution >= 4 is 11.8 Å². The minimum atomic E-state index is -0.382. The summed E-state index contributed by atoms with van der Waals surface area (Å²) in [5, 5.41) is 2.83. The van der Waals surface area contributed by atoms with E-state index in [1.165, 1.54) is 24.3 Å². The van der Waals surface area contributed by atoms with Gasteiger partial charge in [0.05, 0.1) is 12.0 Å². The highest BCUT2D eigenvalue weighted by Crippen LogP contribution is 2.35. The van der Waals surface area contributed by atoms with Crippen LogP contribution in [0.4, 0.5) is 4.39 Å². The van der Waals surface area contributed by atoms with Gasteiger partial charge in [-0.1, -0.05) is 35.9 Å². The van der Waals surface area contributed by atoms with Crippen molar-refractivity contribution < 1.29 is 14.0 Å². The van der Waals surface area contributed by atoms with Crippen molar-refractivity contribution in [2.24, 2.45) is 5.92 Å². The molecule has 0 aliphatic carbocycles. The second-order valence-corrected chi connectivity index (χ2v) is 7.20. The van der Waals surface area contributed by atoms with Crippen LogP contribution in [0.1, 0.15) is 40.4 Å². The van der Waals surface area contributed by atoms with Gasteiger partial charge in [0.25, 0.3) is 5.91 Å². The maximum absolute atomic E-state index is 13.3. The zero-order valence-electron chi connectivity index (χ0n) is 16.0. The molecule has 1 aliphatic heterocycles. The number of aryl methyl sites for hydroxylation is 1. The molecule has 2 amide bonds. The Kier molecular flexibility index (Phi) is 6.24. The Labute approximate surface area is 165 Å². The van der Waals surface area contributed by atoms with E-state index in [2.05, 4.69) is 18.0 Å². The quantitative estimate of drug-likeness (QED) is 0.796. The number of halogens is 1. The van der Waals surface area contributed by atoms with Crippen LogP contribution >= 0.6 is 0 Å². The highest BCUT2D eigenvalue weighted by Gasteiger charge is 2.35. The lowest BCUT2D eigenvalue weighted by atomic mass is 9.87. The summed E-state index contributed by atoms with van der Waals surface area (Å²) < 4.78 is 13.3. The van der Waals surface area contributed by atoms with E-state index in [0.717, 1.165) is 11.1 Å². The highest BCUT2D eigenvalue weighted by atomic mass is 19.1. The van der Waals surface area contributed by atoms with Crippen LogP contribution in [-0.2, 0) is 4.79 Å². The number of benzene rings is 2. The van der Waals surface area contributed by atoms with E-state index >= 15 is 0 Å². The molecule has 28 heavy (non-hydrogen) atoms. The minimum Gasteiger partial charge on any atom is -0.352 e. The molecule has 1 fully saturated rings. The highest BCUT2D eigenvalue weighted by molar-refractivity contribution is 5.95. The fourth-order valence-corrected chi connectivity index (χ4v) is 3.71. The minimum absolute atomic E-state index is 0.0699. The number of rotatable bonds is 5. The van der Waals surface area contributed by atoms with Gasteiger partial charge in [0.15, 0.2) is 0 Å². The van der Waals surface area contributed by atoms with Crippen molar-refractivity contribution in [3.05, 3.63) is 83.7 Å². The van der Waals surface area contributed by atoms with Gasteiger partial charge in [-0.25, -0.2) is 4.39 Å². The lowest BCUT2D eigenvalue weighted by Crippen LogP contribution is -2.47. The van der Waals surface area contributed by atoms with Crippen molar-refractivity contribution in [2.45, 2.75) is 25.8 Å². The summed E-state index contributed by atoms with van der Waals surface area (Å²) in [6, 6.07) is 13.5. The molecule has 5 heteroatoms. The van der Waals surface area contributed by atoms with Crippen LogP contribution in [0.5, 0.6) is 0 Å². The van der Waals surface area contributed by atoms with E-state index in [0.29, 0.717) is 31.5 Å². The lowest BCUT2D eigenvalue weighted by molar-refractivity contribution is -0.126. The summed E-state index contributed by atoms with van der Waals surface area (Å²) in [5.41, 5.74) is 2.60. The van der Waals surface area contributed by atoms with Gasteiger partial charge in [0.2, 0.25) is 5.91 Å². The molecule has 2 aromatic rings. The van der Waals surface area contributed by atoms with Crippen LogP contribution in [0, 0.1) is 18.7 Å². The van der Waals surface area contributed by atoms with Gasteiger partial charge in [0.1, 0.15) is 5.82 Å². The van der Waals surface area contributed by atoms with E-state index in [1.54, 1.807) is 11.0 Å². The molecule has 0 aromatic heterocycles. The largest absolute Gasteiger partial charge is 0.352 e. The Morgan fingerprint density at radius 2 is 1.96 bits per heavy atom. The first-order valence-electron chi connectivity index (χ1n) is 9.51. The summed E-state index contributed by atoms with van der Waals surface area (Å²) in [5.74, 6) is -0.912. The number of nitrogens with zero attached hydrogens (tertiary/aromatic N) is 1. The fraction of sp³-hybridized carbons (Fsp3) is 0.304. The molecule has 2 aromatic carbocycles. The number of nitrogens with one attached hydrogen (secondary N) is 1. The fourth-order valence-electron chi connectivity index (χ4n) is 3.71. The second-order valence-electron chi connectivity index (χ2n) is 7.20. The van der Waals surface area contributed by atoms with Gasteiger partial charge in [-0.05, 0) is 49.6 Å². The van der Waals surface area contributed by atoms with Crippen molar-refractivity contribution in [1.29, 1.82) is 0 Å². The van der Waals surface area contributed by atoms with Crippen molar-refractivity contribution in [3.63, 3.8) is 0 Å². The molecule has 0 spiro atoms. The van der Waals surface area contributed by atoms with Crippen LogP contribution < -0.4 is 5.32 Å². The Hall–Kier alpha value is -2.95. The molecule has 0 bridgehead atoms. The van der Waals surface area contributed by atoms with Crippen LogP contribution in [0.3, 0.4) is 0 Å². The van der Waals surface area contributed by atoms with Gasteiger partial charge in [0, 0.05) is 18.7 Å². The Balaban J connectivity index is 1.89. The number of hydrogen-bond donors (Lipinski definition) is 1. The molecule has 0 unspecified atom stereocenters. The first-order chi connectivity index (χ1) is 13.5. The van der Waals surface area contributed by atoms with Gasteiger partial charge >= 0.3 is 0 Å². The summed E-state index contributed by atoms with van der Waals surface area (Å²) in [4.78, 5) is 27.4. The third-order valence-corrected chi connectivity index (χ3v) is 5.15. The molecule has 3 rings (SSSR count). The first kappa shape index (κ1) is 19.8. The number of carbonyl (C=O) groups excluding carboxylic acids is 2. The zero-order valence-corrected chi connectivity index (χ0v) is 16.0. The smallest absolute Gasteiger partial charge is 0.254 e. The standard InChI is InChI=1S/C23H25FN2O2/c1-3-13-25-22(27)19-9-12-21(18-6-4-5-16(2)14-18)26(15-19)23(28)17-7-10-20(24)11-8-17/h3-8,10-11,14,19,21H,1,9,12-13,15H2,2H3,(H,25,27)/t19-,21+/m1/s1. The number of carbonyl (C=O) groups is 2. The van der Waals surface area contributed by atoms with Gasteiger partial charge in [-0.15, -0.1) is 6.58 Å². The molecule has 1 aliphatic rings. The van der Waals surface area contributed by atoms with E-state index < -0.39 is 0 Å². The molecule has 1 N–H and O–H groups in total. The Morgan fingerprint density at radius 1 is 1.21 bits per heavy atom. The maximum Gasteiger partial charge on any atom is 0.254 e. The maximum atomic E-state index is 13.3. The third kappa shape index (κ3) is 4.47. The summed E-state index contributed by atoms with van der Waals surface area (Å²) in [7, 11) is 0. The predicted molar refractivity (Wildman–Crippen MR) is 107 cm³/mol. The normalized spacial score (nSPS) is 19.1. The zero-order chi connectivity index (χ0) is 20.1. The molecule has 4 nitrogen and oxygen atoms in total. The summed E-state index contributed by atoms with van der Waals surface area (Å²) in [6.45, 7) is 6.37. The van der Waals surface area contributed by atoms with E-state index in [9.17, 15) is 14.0 Å². The number of likely N-dealkylation sites (tertiary alicyclic amines) is 1. The van der Waals surface area contributed by atoms with E-state index in [1.807, 2.05) is 25.1 Å². The van der Waals surface area contributed by atoms with E-state index in [4.69, 9.17) is 0 Å². The Bertz CT molecular complexity index is 863. The van der Waals surface area contributed by atoms with Crippen LogP contribution in [0.25, 0.3) is 0 Å². The van der Waals surface area contributed by atoms with Crippen LogP contribution in [0.2, 0.25) is 0 Å². The monoisotopic (exact) mass is 380 g/mol. The topological polar surface area (TPSA) is 49.4 Å². The predicted octanol–water partition coefficient (Wildman–Crippen LogP) is 4.03. The van der Waals surface area contributed by atoms with E-state index in [-0.39, 0.29) is 29.6 Å². The molecular formula is C23H25FN2O2. The average molecular weight is 380 g/mol. The van der Waals surface area contributed by atoms with Gasteiger partial charge in [-0.3, -0.25) is 9.59 Å². The molecule has 0 saturated carbocycles. The van der Waals surface area contributed by atoms with Crippen molar-refractivity contribution in [3.8, 4) is 0 Å². The van der Waals surface area contributed by atoms with Crippen LogP contribution in [0.15, 0.2) is 61.2 Å². The number of amides is 2. The van der Waals surface area contributed by atoms with Crippen molar-refractivity contribution in [2.75, 3.05) is 13.1 Å². The van der Waals surface area contributed by atoms with Gasteiger partial charge < -0.3 is 10.2 Å². The Morgan fingerprint density at radius 3 is 2.64 bits per heavy atom. The summed E-state index contributed by atoms with van der Waals surface area (Å²) in [6.07, 6.45) is 3.04. The van der Waals surface area contributed by atoms with Crippen LogP contribution in [-0.4, -0.2) is 29.8 Å². The SMILES string of the molecule is C=CCNC(=O)[C@@H]1CC[C@@H](c2cccc(C)c2)N(C(=O)c2ccc(F)cc2)C1. The lowest BCUT2D eigenvalue weighted by Gasteiger charge is -2.39. The number of piperidine rings is 1.